The smallest absolute Gasteiger partial charge is 0.231 e. The van der Waals surface area contributed by atoms with E-state index in [0.29, 0.717) is 36.6 Å². The van der Waals surface area contributed by atoms with E-state index in [4.69, 9.17) is 9.47 Å². The fourth-order valence-electron chi connectivity index (χ4n) is 2.39. The van der Waals surface area contributed by atoms with E-state index in [1.165, 1.54) is 0 Å². The lowest BCUT2D eigenvalue weighted by Crippen LogP contribution is -2.12. The molecule has 0 spiro atoms. The van der Waals surface area contributed by atoms with Crippen molar-refractivity contribution >= 4 is 17.2 Å². The van der Waals surface area contributed by atoms with Crippen molar-refractivity contribution in [3.8, 4) is 11.6 Å². The SMILES string of the molecule is COc1ccc(NC(=O)CCCc2nnc3ccc(OC)nn23)cc1. The minimum absolute atomic E-state index is 0.0514. The van der Waals surface area contributed by atoms with Gasteiger partial charge in [0.25, 0.3) is 0 Å². The quantitative estimate of drug-likeness (QED) is 0.708. The second-order valence-corrected chi connectivity index (χ2v) is 5.39. The Balaban J connectivity index is 1.54. The summed E-state index contributed by atoms with van der Waals surface area (Å²) >= 11 is 0. The van der Waals surface area contributed by atoms with Crippen molar-refractivity contribution in [2.24, 2.45) is 0 Å². The highest BCUT2D eigenvalue weighted by Gasteiger charge is 2.09. The predicted molar refractivity (Wildman–Crippen MR) is 91.9 cm³/mol. The maximum atomic E-state index is 12.0. The Morgan fingerprint density at radius 3 is 2.60 bits per heavy atom. The molecule has 1 aromatic carbocycles. The van der Waals surface area contributed by atoms with Gasteiger partial charge in [-0.3, -0.25) is 4.79 Å². The number of amides is 1. The predicted octanol–water partition coefficient (Wildman–Crippen LogP) is 2.10. The van der Waals surface area contributed by atoms with E-state index >= 15 is 0 Å². The third-order valence-corrected chi connectivity index (χ3v) is 3.69. The van der Waals surface area contributed by atoms with Crippen LogP contribution in [0.2, 0.25) is 0 Å². The van der Waals surface area contributed by atoms with Crippen LogP contribution in [0.25, 0.3) is 5.65 Å². The monoisotopic (exact) mass is 341 g/mol. The summed E-state index contributed by atoms with van der Waals surface area (Å²) in [6.45, 7) is 0. The number of aryl methyl sites for hydroxylation is 1. The number of benzene rings is 1. The zero-order valence-corrected chi connectivity index (χ0v) is 14.1. The zero-order valence-electron chi connectivity index (χ0n) is 14.1. The Hall–Kier alpha value is -3.16. The first-order valence-corrected chi connectivity index (χ1v) is 7.89. The molecule has 0 bridgehead atoms. The Kier molecular flexibility index (Phi) is 5.08. The number of fused-ring (bicyclic) bond motifs is 1. The van der Waals surface area contributed by atoms with Crippen molar-refractivity contribution in [1.82, 2.24) is 19.8 Å². The lowest BCUT2D eigenvalue weighted by molar-refractivity contribution is -0.116. The number of carbonyl (C=O) groups excluding carboxylic acids is 1. The minimum atomic E-state index is -0.0514. The van der Waals surface area contributed by atoms with Gasteiger partial charge in [-0.15, -0.1) is 15.3 Å². The van der Waals surface area contributed by atoms with E-state index in [9.17, 15) is 4.79 Å². The molecule has 0 fully saturated rings. The number of hydrogen-bond donors (Lipinski definition) is 1. The summed E-state index contributed by atoms with van der Waals surface area (Å²) in [7, 11) is 3.16. The summed E-state index contributed by atoms with van der Waals surface area (Å²) in [5, 5.41) is 15.3. The minimum Gasteiger partial charge on any atom is -0.497 e. The molecule has 0 unspecified atom stereocenters. The van der Waals surface area contributed by atoms with E-state index in [1.54, 1.807) is 55.1 Å². The van der Waals surface area contributed by atoms with E-state index in [1.807, 2.05) is 0 Å². The number of rotatable bonds is 7. The van der Waals surface area contributed by atoms with E-state index in [-0.39, 0.29) is 5.91 Å². The maximum Gasteiger partial charge on any atom is 0.231 e. The van der Waals surface area contributed by atoms with Crippen LogP contribution >= 0.6 is 0 Å². The molecule has 0 aliphatic carbocycles. The molecule has 2 heterocycles. The van der Waals surface area contributed by atoms with Gasteiger partial charge in [0.05, 0.1) is 14.2 Å². The van der Waals surface area contributed by atoms with Crippen LogP contribution in [0.1, 0.15) is 18.7 Å². The summed E-state index contributed by atoms with van der Waals surface area (Å²) in [4.78, 5) is 12.0. The fraction of sp³-hybridized carbons (Fsp3) is 0.294. The Bertz CT molecular complexity index is 860. The van der Waals surface area contributed by atoms with Crippen molar-refractivity contribution in [1.29, 1.82) is 0 Å². The lowest BCUT2D eigenvalue weighted by atomic mass is 10.2. The molecular weight excluding hydrogens is 322 g/mol. The van der Waals surface area contributed by atoms with Crippen LogP contribution in [0, 0.1) is 0 Å². The molecule has 3 aromatic rings. The summed E-state index contributed by atoms with van der Waals surface area (Å²) in [5.74, 6) is 1.89. The number of aromatic nitrogens is 4. The van der Waals surface area contributed by atoms with Gasteiger partial charge in [0.1, 0.15) is 5.75 Å². The largest absolute Gasteiger partial charge is 0.497 e. The first-order valence-electron chi connectivity index (χ1n) is 7.89. The number of carbonyl (C=O) groups is 1. The van der Waals surface area contributed by atoms with Crippen molar-refractivity contribution in [2.75, 3.05) is 19.5 Å². The molecule has 0 saturated carbocycles. The highest BCUT2D eigenvalue weighted by atomic mass is 16.5. The second-order valence-electron chi connectivity index (χ2n) is 5.39. The van der Waals surface area contributed by atoms with E-state index in [0.717, 1.165) is 11.4 Å². The first kappa shape index (κ1) is 16.7. The van der Waals surface area contributed by atoms with Gasteiger partial charge >= 0.3 is 0 Å². The molecule has 0 aliphatic heterocycles. The number of ether oxygens (including phenoxy) is 2. The van der Waals surface area contributed by atoms with Crippen molar-refractivity contribution in [3.05, 3.63) is 42.2 Å². The highest BCUT2D eigenvalue weighted by Crippen LogP contribution is 2.15. The van der Waals surface area contributed by atoms with Crippen LogP contribution in [-0.2, 0) is 11.2 Å². The van der Waals surface area contributed by atoms with Gasteiger partial charge in [-0.1, -0.05) is 0 Å². The molecule has 25 heavy (non-hydrogen) atoms. The second kappa shape index (κ2) is 7.61. The van der Waals surface area contributed by atoms with Gasteiger partial charge in [0, 0.05) is 24.6 Å². The van der Waals surface area contributed by atoms with Crippen LogP contribution in [0.5, 0.6) is 11.6 Å². The van der Waals surface area contributed by atoms with E-state index < -0.39 is 0 Å². The number of hydrogen-bond acceptors (Lipinski definition) is 6. The molecule has 0 atom stereocenters. The van der Waals surface area contributed by atoms with Gasteiger partial charge in [-0.25, -0.2) is 0 Å². The van der Waals surface area contributed by atoms with Crippen LogP contribution in [-0.4, -0.2) is 39.9 Å². The molecule has 0 radical (unpaired) electrons. The average molecular weight is 341 g/mol. The number of methoxy groups -OCH3 is 2. The third kappa shape index (κ3) is 4.03. The summed E-state index contributed by atoms with van der Waals surface area (Å²) < 4.78 is 11.8. The van der Waals surface area contributed by atoms with Crippen LogP contribution < -0.4 is 14.8 Å². The maximum absolute atomic E-state index is 12.0. The molecule has 1 N–H and O–H groups in total. The van der Waals surface area contributed by atoms with Gasteiger partial charge in [-0.05, 0) is 36.8 Å². The fourth-order valence-corrected chi connectivity index (χ4v) is 2.39. The highest BCUT2D eigenvalue weighted by molar-refractivity contribution is 5.90. The molecule has 3 rings (SSSR count). The Morgan fingerprint density at radius 1 is 1.08 bits per heavy atom. The average Bonchev–Trinajstić information content (AvgIpc) is 3.04. The van der Waals surface area contributed by atoms with Crippen molar-refractivity contribution in [3.63, 3.8) is 0 Å². The topological polar surface area (TPSA) is 90.6 Å². The molecule has 0 saturated heterocycles. The van der Waals surface area contributed by atoms with Gasteiger partial charge in [0.2, 0.25) is 11.8 Å². The van der Waals surface area contributed by atoms with Crippen LogP contribution in [0.4, 0.5) is 5.69 Å². The number of anilines is 1. The number of nitrogens with zero attached hydrogens (tertiary/aromatic N) is 4. The summed E-state index contributed by atoms with van der Waals surface area (Å²) in [5.41, 5.74) is 1.39. The van der Waals surface area contributed by atoms with Crippen molar-refractivity contribution in [2.45, 2.75) is 19.3 Å². The molecule has 8 heteroatoms. The Morgan fingerprint density at radius 2 is 1.88 bits per heavy atom. The summed E-state index contributed by atoms with van der Waals surface area (Å²) in [6.07, 6.45) is 1.62. The van der Waals surface area contributed by atoms with Gasteiger partial charge in [0.15, 0.2) is 11.5 Å². The standard InChI is InChI=1S/C17H19N5O3/c1-24-13-8-6-12(7-9-13)18-16(23)5-3-4-14-19-20-15-10-11-17(25-2)21-22(14)15/h6-11H,3-5H2,1-2H3,(H,18,23). The zero-order chi connectivity index (χ0) is 17.6. The van der Waals surface area contributed by atoms with Crippen molar-refractivity contribution < 1.29 is 14.3 Å². The number of nitrogens with one attached hydrogen (secondary N) is 1. The van der Waals surface area contributed by atoms with E-state index in [2.05, 4.69) is 20.6 Å². The molecular formula is C17H19N5O3. The van der Waals surface area contributed by atoms with Crippen LogP contribution in [0.3, 0.4) is 0 Å². The van der Waals surface area contributed by atoms with Gasteiger partial charge < -0.3 is 14.8 Å². The third-order valence-electron chi connectivity index (χ3n) is 3.69. The molecule has 0 aliphatic rings. The normalized spacial score (nSPS) is 10.6. The molecule has 8 nitrogen and oxygen atoms in total. The molecule has 2 aromatic heterocycles. The molecule has 1 amide bonds. The van der Waals surface area contributed by atoms with Crippen LogP contribution in [0.15, 0.2) is 36.4 Å². The molecule has 130 valence electrons. The Labute approximate surface area is 144 Å². The summed E-state index contributed by atoms with van der Waals surface area (Å²) in [6, 6.07) is 10.7. The lowest BCUT2D eigenvalue weighted by Gasteiger charge is -2.06. The van der Waals surface area contributed by atoms with Gasteiger partial charge in [-0.2, -0.15) is 4.52 Å². The first-order chi connectivity index (χ1) is 12.2.